The van der Waals surface area contributed by atoms with Crippen molar-refractivity contribution in [2.45, 2.75) is 244 Å². The summed E-state index contributed by atoms with van der Waals surface area (Å²) < 4.78 is 34.5. The standard InChI is InChI=1S/C69H112ClN13O30/c1-10-12-13-14-15-16-17-18-19-22-40(85)29-49(88)75-46-32-107-66(103)51(47(86)31-70)82-61(97)52(53(89)62(98)99)83-54(90)41(11-2)76-60(96)50(39(9)84)81-57(93)44(25-28-74-69(106)113-35-110-65(102)38(7)8)78-55(91)42(23-20-21-26-72-67(104)111-33-108-63(100)36(3)4)77-58(94)45(30-48(71)87)80-56(92)43(79-59(46)95)24-27-73-68(105)112-34-109-64(101)37(5)6/h11,36-40,42-47,50-53,84-86,89H,10,12-35H2,1-9H3,(H2,71,87)(H,72,104)(H,73,105)(H,74,106)(H,75,88)(H,76,96)(H,77,94)(H,78,91)(H,79,95)(H,80,92)(H,81,93)(H,82,97)(H,83,90)(H,98,99)/b41-11+/t39-,40-,42-,43+,44-,45-,46-,47+,50-,51-,52-,53?/m0/s1. The molecule has 0 aliphatic carbocycles. The van der Waals surface area contributed by atoms with Crippen LogP contribution in [0.1, 0.15) is 171 Å². The molecule has 0 aromatic heterocycles. The maximum atomic E-state index is 14.8. The Labute approximate surface area is 657 Å². The zero-order valence-electron chi connectivity index (χ0n) is 64.8. The van der Waals surface area contributed by atoms with Crippen molar-refractivity contribution in [3.05, 3.63) is 11.8 Å². The fraction of sp³-hybridized carbons (Fsp3) is 0.710. The number of aliphatic hydroxyl groups excluding tert-OH is 4. The van der Waals surface area contributed by atoms with Crippen molar-refractivity contribution in [2.75, 3.05) is 52.5 Å². The highest BCUT2D eigenvalue weighted by atomic mass is 35.5. The van der Waals surface area contributed by atoms with Crippen LogP contribution in [0.15, 0.2) is 11.8 Å². The first-order chi connectivity index (χ1) is 53.3. The van der Waals surface area contributed by atoms with Crippen molar-refractivity contribution < 1.29 is 145 Å². The summed E-state index contributed by atoms with van der Waals surface area (Å²) in [6.45, 7) is 7.60. The molecule has 13 amide bonds. The number of carbonyl (C=O) groups is 18. The number of aliphatic hydroxyl groups is 4. The largest absolute Gasteiger partial charge is 0.479 e. The van der Waals surface area contributed by atoms with Gasteiger partial charge < -0.3 is 128 Å². The smallest absolute Gasteiger partial charge is 0.410 e. The first kappa shape index (κ1) is 101. The normalized spacial score (nSPS) is 20.8. The minimum atomic E-state index is -2.95. The first-order valence-corrected chi connectivity index (χ1v) is 37.4. The number of primary amides is 1. The highest BCUT2D eigenvalue weighted by Gasteiger charge is 2.41. The minimum absolute atomic E-state index is 0.0710. The molecular weight excluding hydrogens is 1530 g/mol. The fourth-order valence-corrected chi connectivity index (χ4v) is 9.98. The molecule has 19 N–H and O–H groups in total. The molecule has 44 heteroatoms. The van der Waals surface area contributed by atoms with Gasteiger partial charge in [-0.2, -0.15) is 0 Å². The van der Waals surface area contributed by atoms with E-state index in [1.54, 1.807) is 0 Å². The lowest BCUT2D eigenvalue weighted by Crippen LogP contribution is -2.62. The molecular formula is C69H112ClN13O30. The number of alkyl halides is 1. The summed E-state index contributed by atoms with van der Waals surface area (Å²) in [5.41, 5.74) is 4.70. The second kappa shape index (κ2) is 55.2. The monoisotopic (exact) mass is 1640 g/mol. The number of aliphatic carboxylic acids is 1. The molecule has 1 unspecified atom stereocenters. The second-order valence-corrected chi connectivity index (χ2v) is 27.2. The number of carboxylic acid groups (broad SMARTS) is 1. The predicted octanol–water partition coefficient (Wildman–Crippen LogP) is -2.99. The van der Waals surface area contributed by atoms with Gasteiger partial charge in [-0.05, 0) is 52.4 Å². The van der Waals surface area contributed by atoms with Crippen molar-refractivity contribution in [2.24, 2.45) is 23.5 Å². The SMILES string of the molecule is C/C=C1/NC(=O)[C@H]([C@H](C)O)NC(=O)[C@H](CCNC(=O)OCOC(=O)C(C)C)NC(=O)[C@H](CCCCNC(=O)OCOC(=O)C(C)C)NC(=O)[C@H](CC(N)=O)NC(=O)[C@@H](CCNC(=O)OCOC(=O)C(C)C)NC(=O)[C@@H](NC(=O)C[C@@H](O)CCCCCCCCCCC)COC(=O)[C@H]([C@H](O)CCl)NC(=O)[C@H](C(O)C(=O)O)NC1=O. The van der Waals surface area contributed by atoms with Gasteiger partial charge in [0.1, 0.15) is 54.6 Å². The van der Waals surface area contributed by atoms with Crippen LogP contribution in [0.4, 0.5) is 14.4 Å². The average Bonchev–Trinajstić information content (AvgIpc) is 0.841. The molecule has 0 saturated carbocycles. The molecule has 1 heterocycles. The van der Waals surface area contributed by atoms with Crippen LogP contribution in [0.25, 0.3) is 0 Å². The number of rotatable bonds is 40. The second-order valence-electron chi connectivity index (χ2n) is 26.9. The third-order valence-electron chi connectivity index (χ3n) is 16.3. The van der Waals surface area contributed by atoms with E-state index in [2.05, 4.69) is 54.8 Å². The van der Waals surface area contributed by atoms with Gasteiger partial charge in [0.2, 0.25) is 73.5 Å². The number of halogens is 1. The lowest BCUT2D eigenvalue weighted by atomic mass is 10.0. The number of nitrogens with one attached hydrogen (secondary N) is 12. The Morgan fingerprint density at radius 3 is 1.41 bits per heavy atom. The van der Waals surface area contributed by atoms with Crippen molar-refractivity contribution >= 4 is 119 Å². The molecule has 0 bridgehead atoms. The molecule has 0 aromatic rings. The quantitative estimate of drug-likeness (QED) is 0.00727. The number of carbonyl (C=O) groups excluding carboxylic acids is 17. The van der Waals surface area contributed by atoms with E-state index in [0.717, 1.165) is 64.9 Å². The van der Waals surface area contributed by atoms with Gasteiger partial charge >= 0.3 is 48.1 Å². The van der Waals surface area contributed by atoms with Crippen LogP contribution >= 0.6 is 11.6 Å². The molecule has 1 saturated heterocycles. The maximum absolute atomic E-state index is 14.8. The highest BCUT2D eigenvalue weighted by molar-refractivity contribution is 6.18. The van der Waals surface area contributed by atoms with Gasteiger partial charge in [0, 0.05) is 19.6 Å². The number of cyclic esters (lactones) is 1. The molecule has 0 aromatic carbocycles. The number of amides is 13. The van der Waals surface area contributed by atoms with Crippen LogP contribution in [0.3, 0.4) is 0 Å². The van der Waals surface area contributed by atoms with E-state index < -0.39 is 281 Å². The summed E-state index contributed by atoms with van der Waals surface area (Å²) in [5, 5.41) is 80.0. The van der Waals surface area contributed by atoms with Crippen LogP contribution in [-0.2, 0) is 105 Å². The third-order valence-corrected chi connectivity index (χ3v) is 16.6. The maximum Gasteiger partial charge on any atom is 0.410 e. The van der Waals surface area contributed by atoms with E-state index in [9.17, 15) is 112 Å². The lowest BCUT2D eigenvalue weighted by Gasteiger charge is -2.29. The molecule has 113 heavy (non-hydrogen) atoms. The van der Waals surface area contributed by atoms with E-state index in [-0.39, 0.29) is 25.8 Å². The summed E-state index contributed by atoms with van der Waals surface area (Å²) in [6, 6.07) is -17.7. The number of unbranched alkanes of at least 4 members (excludes halogenated alkanes) is 9. The van der Waals surface area contributed by atoms with Crippen molar-refractivity contribution in [3.8, 4) is 0 Å². The Morgan fingerprint density at radius 2 is 0.956 bits per heavy atom. The Bertz CT molecular complexity index is 3220. The average molecular weight is 1640 g/mol. The van der Waals surface area contributed by atoms with Gasteiger partial charge in [-0.3, -0.25) is 62.3 Å². The summed E-state index contributed by atoms with van der Waals surface area (Å²) >= 11 is 5.94. The molecule has 1 aliphatic rings. The zero-order chi connectivity index (χ0) is 85.4. The Morgan fingerprint density at radius 1 is 0.522 bits per heavy atom. The first-order valence-electron chi connectivity index (χ1n) is 36.9. The van der Waals surface area contributed by atoms with Gasteiger partial charge in [-0.15, -0.1) is 11.6 Å². The van der Waals surface area contributed by atoms with Crippen molar-refractivity contribution in [1.29, 1.82) is 0 Å². The number of ether oxygens (including phenoxy) is 7. The Balaban J connectivity index is 4.42. The van der Waals surface area contributed by atoms with Gasteiger partial charge in [0.15, 0.2) is 12.1 Å². The number of hydrogen-bond acceptors (Lipinski definition) is 29. The number of esters is 4. The third kappa shape index (κ3) is 41.7. The van der Waals surface area contributed by atoms with Gasteiger partial charge in [0.05, 0.1) is 54.8 Å². The fourth-order valence-electron chi connectivity index (χ4n) is 9.80. The predicted molar refractivity (Wildman–Crippen MR) is 391 cm³/mol. The topological polar surface area (TPSA) is 643 Å². The van der Waals surface area contributed by atoms with Gasteiger partial charge in [0.25, 0.3) is 5.91 Å². The van der Waals surface area contributed by atoms with E-state index in [1.807, 2.05) is 16.0 Å². The van der Waals surface area contributed by atoms with Crippen LogP contribution in [0, 0.1) is 17.8 Å². The minimum Gasteiger partial charge on any atom is -0.479 e. The Hall–Kier alpha value is -10.3. The molecule has 1 rings (SSSR count). The molecule has 640 valence electrons. The van der Waals surface area contributed by atoms with Gasteiger partial charge in [-0.1, -0.05) is 112 Å². The van der Waals surface area contributed by atoms with Crippen LogP contribution < -0.4 is 69.5 Å². The number of nitrogens with two attached hydrogens (primary N) is 1. The lowest BCUT2D eigenvalue weighted by molar-refractivity contribution is -0.156. The number of allylic oxidation sites excluding steroid dienone is 1. The summed E-state index contributed by atoms with van der Waals surface area (Å²) in [6.07, 6.45) is -7.11. The number of hydrogen-bond donors (Lipinski definition) is 18. The number of carboxylic acids is 1. The van der Waals surface area contributed by atoms with Crippen molar-refractivity contribution in [3.63, 3.8) is 0 Å². The summed E-state index contributed by atoms with van der Waals surface area (Å²) in [5.74, 6) is -23.4. The molecule has 1 aliphatic heterocycles. The van der Waals surface area contributed by atoms with E-state index >= 15 is 0 Å². The van der Waals surface area contributed by atoms with Gasteiger partial charge in [-0.25, -0.2) is 24.0 Å². The van der Waals surface area contributed by atoms with Crippen molar-refractivity contribution in [1.82, 2.24) is 63.8 Å². The zero-order valence-corrected chi connectivity index (χ0v) is 65.6. The van der Waals surface area contributed by atoms with E-state index in [4.69, 9.17) is 50.5 Å². The molecule has 0 radical (unpaired) electrons. The highest BCUT2D eigenvalue weighted by Crippen LogP contribution is 2.15. The van der Waals surface area contributed by atoms with E-state index in [0.29, 0.717) is 12.8 Å². The number of alkyl carbamates (subject to hydrolysis) is 3. The van der Waals surface area contributed by atoms with Crippen LogP contribution in [0.2, 0.25) is 0 Å². The summed E-state index contributed by atoms with van der Waals surface area (Å²) in [4.78, 5) is 243. The molecule has 12 atom stereocenters. The van der Waals surface area contributed by atoms with E-state index in [1.165, 1.54) is 41.5 Å². The summed E-state index contributed by atoms with van der Waals surface area (Å²) in [7, 11) is 0. The van der Waals surface area contributed by atoms with Crippen LogP contribution in [-0.4, -0.2) is 258 Å². The van der Waals surface area contributed by atoms with Crippen LogP contribution in [0.5, 0.6) is 0 Å². The Kier molecular flexibility index (Phi) is 49.2. The molecule has 1 fully saturated rings. The molecule has 43 nitrogen and oxygen atoms in total. The molecule has 0 spiro atoms.